The fourth-order valence-electron chi connectivity index (χ4n) is 3.77. The van der Waals surface area contributed by atoms with Crippen molar-refractivity contribution in [2.45, 2.75) is 25.5 Å². The maximum atomic E-state index is 12.8. The van der Waals surface area contributed by atoms with Gasteiger partial charge in [-0.1, -0.05) is 6.07 Å². The van der Waals surface area contributed by atoms with Crippen LogP contribution in [0.3, 0.4) is 0 Å². The van der Waals surface area contributed by atoms with Crippen LogP contribution in [0.15, 0.2) is 41.3 Å². The topological polar surface area (TPSA) is 76.1 Å². The van der Waals surface area contributed by atoms with Gasteiger partial charge in [-0.2, -0.15) is 0 Å². The normalized spacial score (nSPS) is 23.1. The van der Waals surface area contributed by atoms with E-state index in [-0.39, 0.29) is 24.0 Å². The van der Waals surface area contributed by atoms with Crippen molar-refractivity contribution >= 4 is 28.8 Å². The molecule has 0 bridgehead atoms. The van der Waals surface area contributed by atoms with Crippen LogP contribution in [0.4, 0.5) is 0 Å². The molecule has 4 rings (SSSR count). The molecule has 1 amide bonds. The molecular formula is C21H21NO5S. The first-order valence-electron chi connectivity index (χ1n) is 9.12. The lowest BCUT2D eigenvalue weighted by Crippen LogP contribution is -2.32. The summed E-state index contributed by atoms with van der Waals surface area (Å²) in [5.41, 5.74) is 1.62. The Balaban J connectivity index is 1.80. The van der Waals surface area contributed by atoms with Gasteiger partial charge >= 0.3 is 0 Å². The molecule has 6 nitrogen and oxygen atoms in total. The average Bonchev–Trinajstić information content (AvgIpc) is 3.38. The van der Waals surface area contributed by atoms with Gasteiger partial charge in [0.1, 0.15) is 17.6 Å². The summed E-state index contributed by atoms with van der Waals surface area (Å²) in [5, 5.41) is 12.9. The number of nitrogens with zero attached hydrogens (tertiary/aromatic N) is 1. The number of Topliss-reactive ketones (excluding diaryl/α,β-unsaturated/α-hetero) is 1. The van der Waals surface area contributed by atoms with Gasteiger partial charge in [0.25, 0.3) is 11.7 Å². The number of ketones is 1. The van der Waals surface area contributed by atoms with E-state index < -0.39 is 17.7 Å². The minimum Gasteiger partial charge on any atom is -0.507 e. The second-order valence-electron chi connectivity index (χ2n) is 6.96. The Labute approximate surface area is 167 Å². The largest absolute Gasteiger partial charge is 0.507 e. The Morgan fingerprint density at radius 1 is 1.36 bits per heavy atom. The maximum absolute atomic E-state index is 12.8. The summed E-state index contributed by atoms with van der Waals surface area (Å²) in [5.74, 6) is -0.648. The third kappa shape index (κ3) is 3.10. The lowest BCUT2D eigenvalue weighted by Gasteiger charge is -2.23. The Morgan fingerprint density at radius 2 is 2.18 bits per heavy atom. The molecule has 0 radical (unpaired) electrons. The van der Waals surface area contributed by atoms with Crippen LogP contribution < -0.4 is 4.74 Å². The quantitative estimate of drug-likeness (QED) is 0.475. The van der Waals surface area contributed by atoms with Crippen LogP contribution in [0, 0.1) is 0 Å². The highest BCUT2D eigenvalue weighted by molar-refractivity contribution is 7.10. The van der Waals surface area contributed by atoms with Gasteiger partial charge < -0.3 is 19.5 Å². The summed E-state index contributed by atoms with van der Waals surface area (Å²) in [4.78, 5) is 27.8. The van der Waals surface area contributed by atoms with Crippen LogP contribution in [-0.4, -0.2) is 48.1 Å². The average molecular weight is 399 g/mol. The summed E-state index contributed by atoms with van der Waals surface area (Å²) in [6.45, 7) is 2.57. The number of carbonyl (C=O) groups is 2. The number of ether oxygens (including phenoxy) is 2. The Morgan fingerprint density at radius 3 is 2.89 bits per heavy atom. The molecule has 2 atom stereocenters. The predicted octanol–water partition coefficient (Wildman–Crippen LogP) is 3.14. The van der Waals surface area contributed by atoms with E-state index in [0.29, 0.717) is 12.2 Å². The first-order chi connectivity index (χ1) is 13.5. The fraction of sp³-hybridized carbons (Fsp3) is 0.333. The number of fused-ring (bicyclic) bond motifs is 1. The number of amides is 1. The Kier molecular flexibility index (Phi) is 4.95. The molecule has 28 heavy (non-hydrogen) atoms. The molecule has 2 unspecified atom stereocenters. The third-order valence-electron chi connectivity index (χ3n) is 5.06. The Hall–Kier alpha value is -2.64. The highest BCUT2D eigenvalue weighted by Gasteiger charge is 2.46. The van der Waals surface area contributed by atoms with Crippen LogP contribution in [-0.2, 0) is 20.7 Å². The second-order valence-corrected chi connectivity index (χ2v) is 7.94. The summed E-state index contributed by atoms with van der Waals surface area (Å²) < 4.78 is 10.8. The first kappa shape index (κ1) is 18.7. The molecule has 0 spiro atoms. The lowest BCUT2D eigenvalue weighted by molar-refractivity contribution is -0.140. The van der Waals surface area contributed by atoms with Gasteiger partial charge in [-0.3, -0.25) is 9.59 Å². The summed E-state index contributed by atoms with van der Waals surface area (Å²) in [6.07, 6.45) is 0.825. The van der Waals surface area contributed by atoms with Crippen molar-refractivity contribution in [3.63, 3.8) is 0 Å². The summed E-state index contributed by atoms with van der Waals surface area (Å²) in [6, 6.07) is 8.48. The number of hydrogen-bond donors (Lipinski definition) is 1. The van der Waals surface area contributed by atoms with Gasteiger partial charge in [0, 0.05) is 30.5 Å². The van der Waals surface area contributed by atoms with Gasteiger partial charge in [0.2, 0.25) is 0 Å². The van der Waals surface area contributed by atoms with E-state index in [9.17, 15) is 14.7 Å². The number of thiophene rings is 1. The second kappa shape index (κ2) is 7.41. The minimum absolute atomic E-state index is 0.0816. The number of benzene rings is 1. The first-order valence-corrected chi connectivity index (χ1v) is 10.00. The maximum Gasteiger partial charge on any atom is 0.295 e. The number of hydrogen-bond acceptors (Lipinski definition) is 6. The number of methoxy groups -OCH3 is 1. The standard InChI is InChI=1S/C21H21NO5S/c1-12-10-14-11-13(5-6-15(14)27-12)19(23)17-18(16-4-3-9-28-16)22(7-8-26-2)21(25)20(17)24/h3-6,9,11-12,18,23H,7-8,10H2,1-2H3/b19-17+. The molecule has 2 aromatic rings. The smallest absolute Gasteiger partial charge is 0.295 e. The van der Waals surface area contributed by atoms with Crippen molar-refractivity contribution in [2.24, 2.45) is 0 Å². The monoisotopic (exact) mass is 399 g/mol. The number of aliphatic hydroxyl groups excluding tert-OH is 1. The van der Waals surface area contributed by atoms with Crippen molar-refractivity contribution in [2.75, 3.05) is 20.3 Å². The van der Waals surface area contributed by atoms with E-state index in [4.69, 9.17) is 9.47 Å². The zero-order valence-electron chi connectivity index (χ0n) is 15.7. The van der Waals surface area contributed by atoms with Crippen molar-refractivity contribution in [1.29, 1.82) is 0 Å². The number of aliphatic hydroxyl groups is 1. The van der Waals surface area contributed by atoms with Crippen LogP contribution in [0.25, 0.3) is 5.76 Å². The molecule has 1 fully saturated rings. The molecule has 2 aliphatic heterocycles. The summed E-state index contributed by atoms with van der Waals surface area (Å²) in [7, 11) is 1.55. The van der Waals surface area contributed by atoms with Gasteiger partial charge in [0.05, 0.1) is 18.2 Å². The van der Waals surface area contributed by atoms with E-state index in [1.807, 2.05) is 30.5 Å². The van der Waals surface area contributed by atoms with E-state index in [0.717, 1.165) is 22.6 Å². The predicted molar refractivity (Wildman–Crippen MR) is 105 cm³/mol. The third-order valence-corrected chi connectivity index (χ3v) is 5.98. The molecule has 0 saturated carbocycles. The van der Waals surface area contributed by atoms with Crippen molar-refractivity contribution < 1.29 is 24.2 Å². The zero-order chi connectivity index (χ0) is 19.8. The van der Waals surface area contributed by atoms with Gasteiger partial charge in [-0.25, -0.2) is 0 Å². The SMILES string of the molecule is COCCN1C(=O)C(=O)/C(=C(/O)c2ccc3c(c2)CC(C)O3)C1c1cccs1. The van der Waals surface area contributed by atoms with Gasteiger partial charge in [-0.05, 0) is 42.1 Å². The van der Waals surface area contributed by atoms with Crippen LogP contribution in [0.1, 0.15) is 29.0 Å². The minimum atomic E-state index is -0.669. The van der Waals surface area contributed by atoms with Crippen molar-refractivity contribution in [1.82, 2.24) is 4.90 Å². The van der Waals surface area contributed by atoms with Crippen molar-refractivity contribution in [3.05, 3.63) is 57.3 Å². The summed E-state index contributed by atoms with van der Waals surface area (Å²) >= 11 is 1.45. The van der Waals surface area contributed by atoms with Gasteiger partial charge in [0.15, 0.2) is 0 Å². The molecular weight excluding hydrogens is 378 g/mol. The lowest BCUT2D eigenvalue weighted by atomic mass is 9.98. The number of carbonyl (C=O) groups excluding carboxylic acids is 2. The van der Waals surface area contributed by atoms with E-state index in [1.165, 1.54) is 16.2 Å². The molecule has 1 aromatic heterocycles. The highest BCUT2D eigenvalue weighted by Crippen LogP contribution is 2.41. The van der Waals surface area contributed by atoms with E-state index >= 15 is 0 Å². The van der Waals surface area contributed by atoms with Crippen LogP contribution in [0.2, 0.25) is 0 Å². The molecule has 146 valence electrons. The van der Waals surface area contributed by atoms with E-state index in [2.05, 4.69) is 0 Å². The molecule has 1 aromatic carbocycles. The van der Waals surface area contributed by atoms with Crippen LogP contribution in [0.5, 0.6) is 5.75 Å². The van der Waals surface area contributed by atoms with E-state index in [1.54, 1.807) is 19.2 Å². The molecule has 1 saturated heterocycles. The number of likely N-dealkylation sites (tertiary alicyclic amines) is 1. The van der Waals surface area contributed by atoms with Crippen molar-refractivity contribution in [3.8, 4) is 5.75 Å². The fourth-order valence-corrected chi connectivity index (χ4v) is 4.61. The molecule has 3 heterocycles. The highest BCUT2D eigenvalue weighted by atomic mass is 32.1. The Bertz CT molecular complexity index is 950. The zero-order valence-corrected chi connectivity index (χ0v) is 16.5. The molecule has 7 heteroatoms. The number of rotatable bonds is 5. The van der Waals surface area contributed by atoms with Gasteiger partial charge in [-0.15, -0.1) is 11.3 Å². The molecule has 2 aliphatic rings. The van der Waals surface area contributed by atoms with Crippen LogP contribution >= 0.6 is 11.3 Å². The molecule has 0 aliphatic carbocycles. The molecule has 1 N–H and O–H groups in total.